The first-order valence-corrected chi connectivity index (χ1v) is 6.93. The van der Waals surface area contributed by atoms with E-state index in [0.717, 1.165) is 6.42 Å². The number of esters is 1. The summed E-state index contributed by atoms with van der Waals surface area (Å²) in [5, 5.41) is 2.74. The fourth-order valence-corrected chi connectivity index (χ4v) is 1.67. The van der Waals surface area contributed by atoms with Crippen LogP contribution in [0.25, 0.3) is 0 Å². The van der Waals surface area contributed by atoms with Gasteiger partial charge in [0.25, 0.3) is 0 Å². The van der Waals surface area contributed by atoms with E-state index >= 15 is 0 Å². The van der Waals surface area contributed by atoms with Gasteiger partial charge in [-0.15, -0.1) is 12.4 Å². The minimum Gasteiger partial charge on any atom is -0.493 e. The molecule has 0 fully saturated rings. The molecule has 1 aromatic carbocycles. The summed E-state index contributed by atoms with van der Waals surface area (Å²) in [6.07, 6.45) is 1.71. The number of hydrogen-bond acceptors (Lipinski definition) is 5. The molecule has 22 heavy (non-hydrogen) atoms. The molecular weight excluding hydrogens is 308 g/mol. The first-order chi connectivity index (χ1) is 10.1. The summed E-state index contributed by atoms with van der Waals surface area (Å²) >= 11 is 0. The van der Waals surface area contributed by atoms with Crippen LogP contribution in [-0.4, -0.2) is 31.6 Å². The van der Waals surface area contributed by atoms with Crippen molar-refractivity contribution in [3.63, 3.8) is 0 Å². The zero-order valence-electron chi connectivity index (χ0n) is 12.8. The Morgan fingerprint density at radius 2 is 1.91 bits per heavy atom. The van der Waals surface area contributed by atoms with E-state index in [1.165, 1.54) is 7.11 Å². The number of hydrogen-bond donors (Lipinski definition) is 2. The summed E-state index contributed by atoms with van der Waals surface area (Å²) in [7, 11) is 1.34. The number of carbonyl (C=O) groups is 2. The molecular formula is C15H23ClN2O4. The van der Waals surface area contributed by atoms with Gasteiger partial charge in [-0.1, -0.05) is 13.3 Å². The van der Waals surface area contributed by atoms with Crippen molar-refractivity contribution < 1.29 is 19.1 Å². The Bertz CT molecular complexity index is 465. The number of halogens is 1. The summed E-state index contributed by atoms with van der Waals surface area (Å²) in [6, 6.07) is 6.40. The highest BCUT2D eigenvalue weighted by atomic mass is 35.5. The topological polar surface area (TPSA) is 90.7 Å². The van der Waals surface area contributed by atoms with Gasteiger partial charge in [0.15, 0.2) is 0 Å². The van der Waals surface area contributed by atoms with E-state index in [1.807, 2.05) is 6.92 Å². The number of ether oxygens (including phenoxy) is 2. The summed E-state index contributed by atoms with van der Waals surface area (Å²) in [4.78, 5) is 22.7. The second-order valence-electron chi connectivity index (χ2n) is 4.58. The van der Waals surface area contributed by atoms with Crippen LogP contribution in [-0.2, 0) is 14.3 Å². The molecule has 1 aromatic rings. The van der Waals surface area contributed by atoms with Crippen LogP contribution >= 0.6 is 12.4 Å². The van der Waals surface area contributed by atoms with Gasteiger partial charge >= 0.3 is 5.97 Å². The molecule has 0 aliphatic heterocycles. The van der Waals surface area contributed by atoms with Crippen molar-refractivity contribution >= 4 is 30.0 Å². The molecule has 0 saturated carbocycles. The highest BCUT2D eigenvalue weighted by molar-refractivity contribution is 5.94. The van der Waals surface area contributed by atoms with Gasteiger partial charge in [0, 0.05) is 5.69 Å². The molecule has 0 bridgehead atoms. The van der Waals surface area contributed by atoms with E-state index in [2.05, 4.69) is 10.1 Å². The van der Waals surface area contributed by atoms with Gasteiger partial charge in [0.2, 0.25) is 5.91 Å². The Morgan fingerprint density at radius 3 is 2.45 bits per heavy atom. The van der Waals surface area contributed by atoms with Crippen molar-refractivity contribution in [2.24, 2.45) is 5.73 Å². The molecule has 7 heteroatoms. The minimum absolute atomic E-state index is 0. The van der Waals surface area contributed by atoms with Crippen LogP contribution < -0.4 is 15.8 Å². The van der Waals surface area contributed by atoms with Crippen molar-refractivity contribution in [3.05, 3.63) is 24.3 Å². The average Bonchev–Trinajstić information content (AvgIpc) is 2.49. The lowest BCUT2D eigenvalue weighted by atomic mass is 10.1. The maximum Gasteiger partial charge on any atom is 0.308 e. The lowest BCUT2D eigenvalue weighted by Crippen LogP contribution is -2.35. The van der Waals surface area contributed by atoms with E-state index in [9.17, 15) is 9.59 Å². The van der Waals surface area contributed by atoms with Crippen molar-refractivity contribution in [1.82, 2.24) is 0 Å². The monoisotopic (exact) mass is 330 g/mol. The molecule has 1 atom stereocenters. The third-order valence-electron chi connectivity index (χ3n) is 2.86. The van der Waals surface area contributed by atoms with Gasteiger partial charge in [-0.25, -0.2) is 0 Å². The molecule has 0 aliphatic carbocycles. The van der Waals surface area contributed by atoms with Crippen molar-refractivity contribution in [2.75, 3.05) is 19.0 Å². The second kappa shape index (κ2) is 10.9. The zero-order chi connectivity index (χ0) is 15.7. The number of methoxy groups -OCH3 is 1. The van der Waals surface area contributed by atoms with Gasteiger partial charge in [-0.05, 0) is 30.7 Å². The Morgan fingerprint density at radius 1 is 1.27 bits per heavy atom. The van der Waals surface area contributed by atoms with Crippen LogP contribution in [0.2, 0.25) is 0 Å². The third-order valence-corrected chi connectivity index (χ3v) is 2.86. The summed E-state index contributed by atoms with van der Waals surface area (Å²) in [5.41, 5.74) is 6.39. The number of benzene rings is 1. The Hall–Kier alpha value is -1.79. The van der Waals surface area contributed by atoms with Gasteiger partial charge in [-0.3, -0.25) is 9.59 Å². The smallest absolute Gasteiger partial charge is 0.308 e. The number of anilines is 1. The molecule has 3 N–H and O–H groups in total. The van der Waals surface area contributed by atoms with E-state index in [0.29, 0.717) is 17.9 Å². The molecule has 6 nitrogen and oxygen atoms in total. The first kappa shape index (κ1) is 20.2. The SMILES string of the molecule is CCCC(N)C(=O)Nc1ccc(OCCC(=O)OC)cc1.Cl. The van der Waals surface area contributed by atoms with Crippen LogP contribution in [0.1, 0.15) is 26.2 Å². The number of nitrogens with two attached hydrogens (primary N) is 1. The average molecular weight is 331 g/mol. The Balaban J connectivity index is 0.00000441. The van der Waals surface area contributed by atoms with Crippen LogP contribution in [0.4, 0.5) is 5.69 Å². The Labute approximate surface area is 136 Å². The van der Waals surface area contributed by atoms with E-state index < -0.39 is 6.04 Å². The van der Waals surface area contributed by atoms with Crippen LogP contribution in [0.3, 0.4) is 0 Å². The molecule has 0 radical (unpaired) electrons. The number of amides is 1. The lowest BCUT2D eigenvalue weighted by Gasteiger charge is -2.11. The fourth-order valence-electron chi connectivity index (χ4n) is 1.67. The molecule has 1 unspecified atom stereocenters. The van der Waals surface area contributed by atoms with Crippen molar-refractivity contribution in [2.45, 2.75) is 32.2 Å². The second-order valence-corrected chi connectivity index (χ2v) is 4.58. The number of nitrogens with one attached hydrogen (secondary N) is 1. The largest absolute Gasteiger partial charge is 0.493 e. The molecule has 1 rings (SSSR count). The van der Waals surface area contributed by atoms with E-state index in [4.69, 9.17) is 10.5 Å². The molecule has 0 spiro atoms. The maximum absolute atomic E-state index is 11.7. The third kappa shape index (κ3) is 7.28. The zero-order valence-corrected chi connectivity index (χ0v) is 13.7. The number of rotatable bonds is 8. The highest BCUT2D eigenvalue weighted by Crippen LogP contribution is 2.16. The first-order valence-electron chi connectivity index (χ1n) is 6.93. The normalized spacial score (nSPS) is 11.0. The molecule has 0 heterocycles. The van der Waals surface area contributed by atoms with Crippen LogP contribution in [0.15, 0.2) is 24.3 Å². The quantitative estimate of drug-likeness (QED) is 0.712. The predicted molar refractivity (Wildman–Crippen MR) is 87.3 cm³/mol. The Kier molecular flexibility index (Phi) is 9.98. The van der Waals surface area contributed by atoms with Gasteiger partial charge < -0.3 is 20.5 Å². The van der Waals surface area contributed by atoms with Crippen molar-refractivity contribution in [3.8, 4) is 5.75 Å². The van der Waals surface area contributed by atoms with Crippen LogP contribution in [0.5, 0.6) is 5.75 Å². The molecule has 1 amide bonds. The molecule has 0 aromatic heterocycles. The fraction of sp³-hybridized carbons (Fsp3) is 0.467. The van der Waals surface area contributed by atoms with E-state index in [-0.39, 0.29) is 37.3 Å². The summed E-state index contributed by atoms with van der Waals surface area (Å²) in [6.45, 7) is 2.23. The highest BCUT2D eigenvalue weighted by Gasteiger charge is 2.12. The molecule has 0 aliphatic rings. The standard InChI is InChI=1S/C15H22N2O4.ClH/c1-3-4-13(16)15(19)17-11-5-7-12(8-6-11)21-10-9-14(18)20-2;/h5-8,13H,3-4,9-10,16H2,1-2H3,(H,17,19);1H. The molecule has 0 saturated heterocycles. The lowest BCUT2D eigenvalue weighted by molar-refractivity contribution is -0.141. The summed E-state index contributed by atoms with van der Waals surface area (Å²) < 4.78 is 9.90. The van der Waals surface area contributed by atoms with Crippen molar-refractivity contribution in [1.29, 1.82) is 0 Å². The predicted octanol–water partition coefficient (Wildman–Crippen LogP) is 2.12. The summed E-state index contributed by atoms with van der Waals surface area (Å²) in [5.74, 6) is 0.106. The van der Waals surface area contributed by atoms with Gasteiger partial charge in [0.05, 0.1) is 26.2 Å². The van der Waals surface area contributed by atoms with Gasteiger partial charge in [0.1, 0.15) is 5.75 Å². The van der Waals surface area contributed by atoms with E-state index in [1.54, 1.807) is 24.3 Å². The maximum atomic E-state index is 11.7. The molecule has 124 valence electrons. The van der Waals surface area contributed by atoms with Gasteiger partial charge in [-0.2, -0.15) is 0 Å². The number of carbonyl (C=O) groups excluding carboxylic acids is 2. The van der Waals surface area contributed by atoms with Crippen LogP contribution in [0, 0.1) is 0 Å². The minimum atomic E-state index is -0.494.